The third-order valence-corrected chi connectivity index (χ3v) is 3.78. The summed E-state index contributed by atoms with van der Waals surface area (Å²) in [4.78, 5) is 13.1. The van der Waals surface area contributed by atoms with Gasteiger partial charge in [-0.1, -0.05) is 19.1 Å². The number of piperidine rings is 1. The number of alkyl halides is 3. The minimum Gasteiger partial charge on any atom is -0.327 e. The molecule has 1 aromatic rings. The number of hydrogen-bond acceptors (Lipinski definition) is 1. The van der Waals surface area contributed by atoms with Crippen molar-refractivity contribution in [3.8, 4) is 0 Å². The number of carbonyl (C=O) groups excluding carboxylic acids is 1. The summed E-state index contributed by atoms with van der Waals surface area (Å²) >= 11 is 0. The van der Waals surface area contributed by atoms with Crippen LogP contribution >= 0.6 is 0 Å². The van der Waals surface area contributed by atoms with E-state index in [1.54, 1.807) is 0 Å². The molecule has 1 fully saturated rings. The molecular weight excluding hydrogens is 281 g/mol. The second kappa shape index (κ2) is 6.47. The highest BCUT2D eigenvalue weighted by molar-refractivity contribution is 5.92. The van der Waals surface area contributed by atoms with Crippen LogP contribution in [0.2, 0.25) is 0 Å². The van der Waals surface area contributed by atoms with Gasteiger partial charge in [-0.2, -0.15) is 13.2 Å². The lowest BCUT2D eigenvalue weighted by Crippen LogP contribution is -3.14. The van der Waals surface area contributed by atoms with Crippen molar-refractivity contribution in [2.75, 3.05) is 25.0 Å². The highest BCUT2D eigenvalue weighted by atomic mass is 19.4. The summed E-state index contributed by atoms with van der Waals surface area (Å²) in [6.45, 7) is 4.15. The van der Waals surface area contributed by atoms with Gasteiger partial charge in [0.25, 0.3) is 5.91 Å². The van der Waals surface area contributed by atoms with Gasteiger partial charge in [-0.05, 0) is 25.0 Å². The zero-order valence-corrected chi connectivity index (χ0v) is 12.0. The van der Waals surface area contributed by atoms with Crippen molar-refractivity contribution < 1.29 is 22.9 Å². The fourth-order valence-electron chi connectivity index (χ4n) is 2.82. The smallest absolute Gasteiger partial charge is 0.327 e. The van der Waals surface area contributed by atoms with Crippen molar-refractivity contribution in [2.24, 2.45) is 5.92 Å². The van der Waals surface area contributed by atoms with Crippen molar-refractivity contribution in [2.45, 2.75) is 25.9 Å². The number of nitrogens with one attached hydrogen (secondary N) is 2. The van der Waals surface area contributed by atoms with Crippen molar-refractivity contribution in [3.05, 3.63) is 29.8 Å². The molecule has 2 atom stereocenters. The van der Waals surface area contributed by atoms with Gasteiger partial charge in [0, 0.05) is 5.92 Å². The van der Waals surface area contributed by atoms with Crippen LogP contribution in [0.15, 0.2) is 24.3 Å². The summed E-state index contributed by atoms with van der Waals surface area (Å²) in [7, 11) is 0. The second-order valence-electron chi connectivity index (χ2n) is 5.72. The van der Waals surface area contributed by atoms with Crippen LogP contribution in [-0.2, 0) is 11.0 Å². The first kappa shape index (κ1) is 15.8. The Bertz CT molecular complexity index is 502. The van der Waals surface area contributed by atoms with Crippen LogP contribution in [0.25, 0.3) is 0 Å². The van der Waals surface area contributed by atoms with Gasteiger partial charge in [0.05, 0.1) is 24.3 Å². The van der Waals surface area contributed by atoms with Gasteiger partial charge < -0.3 is 10.2 Å². The summed E-state index contributed by atoms with van der Waals surface area (Å²) in [5.41, 5.74) is -0.972. The number of hydrogen-bond donors (Lipinski definition) is 2. The number of anilines is 1. The molecule has 2 N–H and O–H groups in total. The maximum atomic E-state index is 12.9. The molecule has 0 saturated carbocycles. The molecule has 0 bridgehead atoms. The molecule has 0 aliphatic carbocycles. The SMILES string of the molecule is C[C@@H]1CCC[NH+](CC(=O)Nc2ccccc2C(F)(F)F)C1. The molecule has 1 amide bonds. The van der Waals surface area contributed by atoms with E-state index < -0.39 is 11.7 Å². The number of halogens is 3. The van der Waals surface area contributed by atoms with E-state index >= 15 is 0 Å². The Balaban J connectivity index is 2.00. The number of amides is 1. The van der Waals surface area contributed by atoms with Crippen LogP contribution < -0.4 is 10.2 Å². The van der Waals surface area contributed by atoms with Crippen LogP contribution in [0.3, 0.4) is 0 Å². The fraction of sp³-hybridized carbons (Fsp3) is 0.533. The minimum absolute atomic E-state index is 0.167. The summed E-state index contributed by atoms with van der Waals surface area (Å²) in [6.07, 6.45) is -2.25. The zero-order chi connectivity index (χ0) is 15.5. The van der Waals surface area contributed by atoms with Gasteiger partial charge in [0.2, 0.25) is 0 Å². The average Bonchev–Trinajstić information content (AvgIpc) is 2.37. The van der Waals surface area contributed by atoms with Crippen molar-refractivity contribution >= 4 is 11.6 Å². The van der Waals surface area contributed by atoms with E-state index in [0.717, 1.165) is 36.9 Å². The van der Waals surface area contributed by atoms with E-state index in [2.05, 4.69) is 12.2 Å². The number of rotatable bonds is 3. The summed E-state index contributed by atoms with van der Waals surface area (Å²) in [5, 5.41) is 2.40. The Hall–Kier alpha value is -1.56. The Morgan fingerprint density at radius 3 is 2.76 bits per heavy atom. The standard InChI is InChI=1S/C15H19F3N2O/c1-11-5-4-8-20(9-11)10-14(21)19-13-7-3-2-6-12(13)15(16,17)18/h2-3,6-7,11H,4-5,8-10H2,1H3,(H,19,21)/p+1/t11-/m1/s1. The van der Waals surface area contributed by atoms with Gasteiger partial charge in [-0.25, -0.2) is 0 Å². The van der Waals surface area contributed by atoms with Crippen molar-refractivity contribution in [3.63, 3.8) is 0 Å². The van der Waals surface area contributed by atoms with E-state index in [9.17, 15) is 18.0 Å². The van der Waals surface area contributed by atoms with Gasteiger partial charge >= 0.3 is 6.18 Å². The Morgan fingerprint density at radius 2 is 2.10 bits per heavy atom. The normalized spacial score (nSPS) is 22.9. The van der Waals surface area contributed by atoms with E-state index in [4.69, 9.17) is 0 Å². The lowest BCUT2D eigenvalue weighted by Gasteiger charge is -2.27. The molecule has 6 heteroatoms. The van der Waals surface area contributed by atoms with Crippen molar-refractivity contribution in [1.29, 1.82) is 0 Å². The molecule has 1 saturated heterocycles. The van der Waals surface area contributed by atoms with Crippen LogP contribution in [-0.4, -0.2) is 25.5 Å². The lowest BCUT2D eigenvalue weighted by atomic mass is 10.0. The maximum absolute atomic E-state index is 12.9. The molecular formula is C15H20F3N2O+. The number of carbonyl (C=O) groups is 1. The largest absolute Gasteiger partial charge is 0.418 e. The van der Waals surface area contributed by atoms with E-state index in [-0.39, 0.29) is 18.1 Å². The van der Waals surface area contributed by atoms with Crippen LogP contribution in [0.1, 0.15) is 25.3 Å². The first-order valence-corrected chi connectivity index (χ1v) is 7.16. The molecule has 1 aliphatic heterocycles. The highest BCUT2D eigenvalue weighted by Gasteiger charge is 2.33. The monoisotopic (exact) mass is 301 g/mol. The second-order valence-corrected chi connectivity index (χ2v) is 5.72. The quantitative estimate of drug-likeness (QED) is 0.879. The number of likely N-dealkylation sites (tertiary alicyclic amines) is 1. The minimum atomic E-state index is -4.46. The van der Waals surface area contributed by atoms with Crippen molar-refractivity contribution in [1.82, 2.24) is 0 Å². The molecule has 0 aromatic heterocycles. The van der Waals surface area contributed by atoms with E-state index in [1.165, 1.54) is 18.2 Å². The molecule has 116 valence electrons. The topological polar surface area (TPSA) is 33.5 Å². The molecule has 0 radical (unpaired) electrons. The first-order chi connectivity index (χ1) is 9.86. The van der Waals surface area contributed by atoms with Gasteiger partial charge in [-0.15, -0.1) is 0 Å². The van der Waals surface area contributed by atoms with Gasteiger partial charge in [0.1, 0.15) is 0 Å². The number of para-hydroxylation sites is 1. The predicted molar refractivity (Wildman–Crippen MR) is 74.0 cm³/mol. The first-order valence-electron chi connectivity index (χ1n) is 7.16. The molecule has 1 unspecified atom stereocenters. The third-order valence-electron chi connectivity index (χ3n) is 3.78. The molecule has 1 aromatic carbocycles. The zero-order valence-electron chi connectivity index (χ0n) is 12.0. The highest BCUT2D eigenvalue weighted by Crippen LogP contribution is 2.34. The summed E-state index contributed by atoms with van der Waals surface area (Å²) in [5.74, 6) is 0.194. The number of benzene rings is 1. The fourth-order valence-corrected chi connectivity index (χ4v) is 2.82. The predicted octanol–water partition coefficient (Wildman–Crippen LogP) is 1.96. The van der Waals surface area contributed by atoms with Gasteiger partial charge in [0.15, 0.2) is 6.54 Å². The third kappa shape index (κ3) is 4.46. The maximum Gasteiger partial charge on any atom is 0.418 e. The Kier molecular flexibility index (Phi) is 4.88. The molecule has 1 heterocycles. The molecule has 0 spiro atoms. The average molecular weight is 301 g/mol. The molecule has 21 heavy (non-hydrogen) atoms. The summed E-state index contributed by atoms with van der Waals surface area (Å²) < 4.78 is 38.6. The van der Waals surface area contributed by atoms with E-state index in [1.807, 2.05) is 0 Å². The Morgan fingerprint density at radius 1 is 1.38 bits per heavy atom. The van der Waals surface area contributed by atoms with Gasteiger partial charge in [-0.3, -0.25) is 4.79 Å². The lowest BCUT2D eigenvalue weighted by molar-refractivity contribution is -0.900. The van der Waals surface area contributed by atoms with E-state index in [0.29, 0.717) is 5.92 Å². The summed E-state index contributed by atoms with van der Waals surface area (Å²) in [6, 6.07) is 5.07. The molecule has 1 aliphatic rings. The molecule has 2 rings (SSSR count). The number of quaternary nitrogens is 1. The van der Waals surface area contributed by atoms with Crippen LogP contribution in [0, 0.1) is 5.92 Å². The van der Waals surface area contributed by atoms with Crippen LogP contribution in [0.5, 0.6) is 0 Å². The van der Waals surface area contributed by atoms with Crippen LogP contribution in [0.4, 0.5) is 18.9 Å². The Labute approximate surface area is 122 Å². The molecule has 3 nitrogen and oxygen atoms in total.